The summed E-state index contributed by atoms with van der Waals surface area (Å²) in [5.74, 6) is -0.490. The number of carboxylic acids is 1. The van der Waals surface area contributed by atoms with E-state index in [0.29, 0.717) is 36.6 Å². The standard InChI is InChI=1S/C15H18ClNO4/c1-10-9-11(4-5-12(10)16)21-8-2-3-13(18)17-15(6-7-15)14(19)20/h4-5,9H,2-3,6-8H2,1H3,(H,17,18)(H,19,20). The molecule has 0 heterocycles. The average Bonchev–Trinajstić information content (AvgIpc) is 3.20. The topological polar surface area (TPSA) is 75.6 Å². The predicted molar refractivity (Wildman–Crippen MR) is 78.7 cm³/mol. The first-order chi connectivity index (χ1) is 9.93. The molecule has 0 spiro atoms. The van der Waals surface area contributed by atoms with Crippen LogP contribution >= 0.6 is 11.6 Å². The fourth-order valence-electron chi connectivity index (χ4n) is 1.98. The van der Waals surface area contributed by atoms with E-state index in [1.54, 1.807) is 12.1 Å². The van der Waals surface area contributed by atoms with Crippen molar-refractivity contribution in [3.8, 4) is 5.75 Å². The van der Waals surface area contributed by atoms with Gasteiger partial charge in [-0.25, -0.2) is 4.79 Å². The maximum Gasteiger partial charge on any atom is 0.329 e. The Kier molecular flexibility index (Phi) is 4.73. The van der Waals surface area contributed by atoms with Gasteiger partial charge >= 0.3 is 5.97 Å². The molecule has 1 aromatic carbocycles. The van der Waals surface area contributed by atoms with E-state index in [2.05, 4.69) is 5.32 Å². The van der Waals surface area contributed by atoms with Crippen LogP contribution in [0.4, 0.5) is 0 Å². The third-order valence-corrected chi connectivity index (χ3v) is 3.91. The summed E-state index contributed by atoms with van der Waals surface area (Å²) in [4.78, 5) is 22.6. The van der Waals surface area contributed by atoms with Crippen LogP contribution in [-0.2, 0) is 9.59 Å². The van der Waals surface area contributed by atoms with Crippen LogP contribution in [0.15, 0.2) is 18.2 Å². The maximum atomic E-state index is 11.7. The van der Waals surface area contributed by atoms with Crippen LogP contribution < -0.4 is 10.1 Å². The lowest BCUT2D eigenvalue weighted by atomic mass is 10.2. The van der Waals surface area contributed by atoms with E-state index in [0.717, 1.165) is 5.56 Å². The molecule has 2 N–H and O–H groups in total. The van der Waals surface area contributed by atoms with Gasteiger partial charge in [0.2, 0.25) is 5.91 Å². The van der Waals surface area contributed by atoms with Crippen LogP contribution in [0.25, 0.3) is 0 Å². The number of carbonyl (C=O) groups is 2. The molecule has 0 saturated heterocycles. The van der Waals surface area contributed by atoms with Gasteiger partial charge in [-0.15, -0.1) is 0 Å². The number of carbonyl (C=O) groups excluding carboxylic acids is 1. The van der Waals surface area contributed by atoms with Gasteiger partial charge < -0.3 is 15.2 Å². The second-order valence-corrected chi connectivity index (χ2v) is 5.71. The van der Waals surface area contributed by atoms with Gasteiger partial charge in [0.1, 0.15) is 11.3 Å². The molecule has 0 bridgehead atoms. The molecule has 1 aliphatic carbocycles. The molecule has 5 nitrogen and oxygen atoms in total. The molecule has 1 aliphatic rings. The van der Waals surface area contributed by atoms with Crippen LogP contribution in [0, 0.1) is 6.92 Å². The zero-order valence-electron chi connectivity index (χ0n) is 11.8. The van der Waals surface area contributed by atoms with Gasteiger partial charge in [-0.3, -0.25) is 4.79 Å². The molecule has 2 rings (SSSR count). The van der Waals surface area contributed by atoms with Crippen molar-refractivity contribution in [1.82, 2.24) is 5.32 Å². The highest BCUT2D eigenvalue weighted by molar-refractivity contribution is 6.31. The summed E-state index contributed by atoms with van der Waals surface area (Å²) in [7, 11) is 0. The number of ether oxygens (including phenoxy) is 1. The predicted octanol–water partition coefficient (Wildman–Crippen LogP) is 2.54. The average molecular weight is 312 g/mol. The second-order valence-electron chi connectivity index (χ2n) is 5.30. The molecule has 1 amide bonds. The normalized spacial score (nSPS) is 15.3. The molecular formula is C15H18ClNO4. The molecule has 6 heteroatoms. The smallest absolute Gasteiger partial charge is 0.329 e. The second kappa shape index (κ2) is 6.35. The van der Waals surface area contributed by atoms with Gasteiger partial charge in [0, 0.05) is 11.4 Å². The summed E-state index contributed by atoms with van der Waals surface area (Å²) in [5.41, 5.74) is -0.0744. The quantitative estimate of drug-likeness (QED) is 0.759. The third kappa shape index (κ3) is 4.11. The van der Waals surface area contributed by atoms with Crippen molar-refractivity contribution < 1.29 is 19.4 Å². The summed E-state index contributed by atoms with van der Waals surface area (Å²) < 4.78 is 5.53. The van der Waals surface area contributed by atoms with E-state index < -0.39 is 11.5 Å². The first-order valence-corrected chi connectivity index (χ1v) is 7.24. The number of benzene rings is 1. The summed E-state index contributed by atoms with van der Waals surface area (Å²) in [6, 6.07) is 5.38. The van der Waals surface area contributed by atoms with E-state index in [-0.39, 0.29) is 12.3 Å². The molecule has 0 radical (unpaired) electrons. The fourth-order valence-corrected chi connectivity index (χ4v) is 2.09. The third-order valence-electron chi connectivity index (χ3n) is 3.48. The maximum absolute atomic E-state index is 11.7. The number of halogens is 1. The first kappa shape index (κ1) is 15.6. The summed E-state index contributed by atoms with van der Waals surface area (Å²) in [5, 5.41) is 12.2. The van der Waals surface area contributed by atoms with Crippen LogP contribution in [0.5, 0.6) is 5.75 Å². The Morgan fingerprint density at radius 2 is 2.14 bits per heavy atom. The molecule has 0 atom stereocenters. The Hall–Kier alpha value is -1.75. The number of aliphatic carboxylic acids is 1. The van der Waals surface area contributed by atoms with E-state index >= 15 is 0 Å². The largest absolute Gasteiger partial charge is 0.494 e. The highest BCUT2D eigenvalue weighted by Gasteiger charge is 2.51. The molecule has 21 heavy (non-hydrogen) atoms. The molecule has 114 valence electrons. The van der Waals surface area contributed by atoms with Crippen molar-refractivity contribution in [2.24, 2.45) is 0 Å². The van der Waals surface area contributed by atoms with Gasteiger partial charge in [-0.1, -0.05) is 11.6 Å². The van der Waals surface area contributed by atoms with Crippen LogP contribution in [0.1, 0.15) is 31.2 Å². The van der Waals surface area contributed by atoms with Gasteiger partial charge in [0.25, 0.3) is 0 Å². The van der Waals surface area contributed by atoms with E-state index in [1.807, 2.05) is 13.0 Å². The summed E-state index contributed by atoms with van der Waals surface area (Å²) >= 11 is 5.92. The van der Waals surface area contributed by atoms with Crippen molar-refractivity contribution in [2.45, 2.75) is 38.1 Å². The Balaban J connectivity index is 1.69. The minimum Gasteiger partial charge on any atom is -0.494 e. The molecule has 1 aromatic rings. The zero-order chi connectivity index (χ0) is 15.5. The van der Waals surface area contributed by atoms with E-state index in [9.17, 15) is 9.59 Å². The van der Waals surface area contributed by atoms with Crippen molar-refractivity contribution >= 4 is 23.5 Å². The SMILES string of the molecule is Cc1cc(OCCCC(=O)NC2(C(=O)O)CC2)ccc1Cl. The van der Waals surface area contributed by atoms with Crippen molar-refractivity contribution in [2.75, 3.05) is 6.61 Å². The zero-order valence-corrected chi connectivity index (χ0v) is 12.6. The summed E-state index contributed by atoms with van der Waals surface area (Å²) in [6.45, 7) is 2.29. The van der Waals surface area contributed by atoms with Gasteiger partial charge in [-0.2, -0.15) is 0 Å². The lowest BCUT2D eigenvalue weighted by molar-refractivity contribution is -0.143. The van der Waals surface area contributed by atoms with Crippen molar-refractivity contribution in [3.05, 3.63) is 28.8 Å². The molecule has 1 fully saturated rings. The Morgan fingerprint density at radius 3 is 2.71 bits per heavy atom. The number of carboxylic acid groups (broad SMARTS) is 1. The van der Waals surface area contributed by atoms with E-state index in [4.69, 9.17) is 21.4 Å². The number of aryl methyl sites for hydroxylation is 1. The molecular weight excluding hydrogens is 294 g/mol. The number of hydrogen-bond donors (Lipinski definition) is 2. The van der Waals surface area contributed by atoms with Gasteiger partial charge in [-0.05, 0) is 49.9 Å². The van der Waals surface area contributed by atoms with Crippen molar-refractivity contribution in [1.29, 1.82) is 0 Å². The highest BCUT2D eigenvalue weighted by Crippen LogP contribution is 2.35. The number of hydrogen-bond acceptors (Lipinski definition) is 3. The molecule has 0 unspecified atom stereocenters. The minimum absolute atomic E-state index is 0.245. The fraction of sp³-hybridized carbons (Fsp3) is 0.467. The Labute approximate surface area is 128 Å². The monoisotopic (exact) mass is 311 g/mol. The first-order valence-electron chi connectivity index (χ1n) is 6.86. The number of amides is 1. The number of nitrogens with one attached hydrogen (secondary N) is 1. The molecule has 0 aliphatic heterocycles. The van der Waals surface area contributed by atoms with Crippen LogP contribution in [0.2, 0.25) is 5.02 Å². The van der Waals surface area contributed by atoms with Crippen LogP contribution in [-0.4, -0.2) is 29.1 Å². The minimum atomic E-state index is -1.01. The summed E-state index contributed by atoms with van der Waals surface area (Å²) in [6.07, 6.45) is 1.80. The van der Waals surface area contributed by atoms with Gasteiger partial charge in [0.05, 0.1) is 6.61 Å². The highest BCUT2D eigenvalue weighted by atomic mass is 35.5. The Bertz CT molecular complexity index is 555. The lowest BCUT2D eigenvalue weighted by Crippen LogP contribution is -2.43. The Morgan fingerprint density at radius 1 is 1.43 bits per heavy atom. The van der Waals surface area contributed by atoms with Crippen LogP contribution in [0.3, 0.4) is 0 Å². The van der Waals surface area contributed by atoms with Gasteiger partial charge in [0.15, 0.2) is 0 Å². The van der Waals surface area contributed by atoms with E-state index in [1.165, 1.54) is 0 Å². The molecule has 0 aromatic heterocycles. The lowest BCUT2D eigenvalue weighted by Gasteiger charge is -2.12. The van der Waals surface area contributed by atoms with Crippen molar-refractivity contribution in [3.63, 3.8) is 0 Å². The number of rotatable bonds is 7. The molecule has 1 saturated carbocycles.